The molecule has 0 atom stereocenters. The molecule has 0 saturated heterocycles. The second-order valence-electron chi connectivity index (χ2n) is 5.27. The highest BCUT2D eigenvalue weighted by Gasteiger charge is 2.15. The van der Waals surface area contributed by atoms with Gasteiger partial charge in [0.1, 0.15) is 22.9 Å². The van der Waals surface area contributed by atoms with Gasteiger partial charge in [-0.15, -0.1) is 0 Å². The largest absolute Gasteiger partial charge is 0.508 e. The predicted octanol–water partition coefficient (Wildman–Crippen LogP) is 2.75. The van der Waals surface area contributed by atoms with Crippen molar-refractivity contribution in [2.75, 3.05) is 0 Å². The van der Waals surface area contributed by atoms with Gasteiger partial charge >= 0.3 is 5.97 Å². The summed E-state index contributed by atoms with van der Waals surface area (Å²) < 4.78 is 1.49. The molecule has 4 N–H and O–H groups in total. The van der Waals surface area contributed by atoms with Crippen molar-refractivity contribution in [2.45, 2.75) is 0 Å². The molecule has 1 aromatic heterocycles. The SMILES string of the molecule is O=C(O)/C=C/c1cn(-c2ccc(O)cc2)nc1-c1cc(O)ccc1O. The maximum atomic E-state index is 10.8. The zero-order chi connectivity index (χ0) is 18.0. The number of aromatic nitrogens is 2. The highest BCUT2D eigenvalue weighted by Crippen LogP contribution is 2.34. The number of nitrogens with zero attached hydrogens (tertiary/aromatic N) is 2. The van der Waals surface area contributed by atoms with Gasteiger partial charge in [0.25, 0.3) is 0 Å². The second-order valence-corrected chi connectivity index (χ2v) is 5.27. The van der Waals surface area contributed by atoms with Gasteiger partial charge in [0.2, 0.25) is 0 Å². The van der Waals surface area contributed by atoms with Gasteiger partial charge in [-0.3, -0.25) is 0 Å². The van der Waals surface area contributed by atoms with E-state index in [1.807, 2.05) is 0 Å². The molecule has 1 heterocycles. The molecule has 0 amide bonds. The molecule has 0 spiro atoms. The summed E-state index contributed by atoms with van der Waals surface area (Å²) in [4.78, 5) is 10.8. The first-order valence-electron chi connectivity index (χ1n) is 7.26. The average Bonchev–Trinajstić information content (AvgIpc) is 3.00. The number of carbonyl (C=O) groups is 1. The smallest absolute Gasteiger partial charge is 0.328 e. The molecule has 3 aromatic rings. The van der Waals surface area contributed by atoms with Gasteiger partial charge in [-0.05, 0) is 48.5 Å². The fourth-order valence-electron chi connectivity index (χ4n) is 2.33. The Labute approximate surface area is 142 Å². The van der Waals surface area contributed by atoms with Crippen LogP contribution in [0.3, 0.4) is 0 Å². The van der Waals surface area contributed by atoms with Crippen molar-refractivity contribution in [3.8, 4) is 34.2 Å². The number of aliphatic carboxylic acids is 1. The van der Waals surface area contributed by atoms with Crippen molar-refractivity contribution >= 4 is 12.0 Å². The van der Waals surface area contributed by atoms with E-state index in [1.54, 1.807) is 18.3 Å². The van der Waals surface area contributed by atoms with Crippen LogP contribution in [0, 0.1) is 0 Å². The van der Waals surface area contributed by atoms with E-state index in [4.69, 9.17) is 5.11 Å². The standard InChI is InChI=1S/C18H14N2O5/c21-13-4-2-12(3-5-13)20-10-11(1-8-17(24)25)18(19-20)15-9-14(22)6-7-16(15)23/h1-10,21-23H,(H,24,25)/b8-1+. The van der Waals surface area contributed by atoms with E-state index < -0.39 is 5.97 Å². The first kappa shape index (κ1) is 16.1. The Morgan fingerprint density at radius 2 is 1.68 bits per heavy atom. The summed E-state index contributed by atoms with van der Waals surface area (Å²) in [6.07, 6.45) is 3.90. The van der Waals surface area contributed by atoms with E-state index in [2.05, 4.69) is 5.10 Å². The van der Waals surface area contributed by atoms with Gasteiger partial charge in [0.15, 0.2) is 0 Å². The van der Waals surface area contributed by atoms with E-state index in [0.29, 0.717) is 16.9 Å². The minimum atomic E-state index is -1.12. The van der Waals surface area contributed by atoms with Crippen molar-refractivity contribution in [1.82, 2.24) is 9.78 Å². The summed E-state index contributed by atoms with van der Waals surface area (Å²) in [5.41, 5.74) is 1.64. The molecule has 3 rings (SSSR count). The number of carboxylic acids is 1. The molecule has 0 radical (unpaired) electrons. The predicted molar refractivity (Wildman–Crippen MR) is 90.7 cm³/mol. The van der Waals surface area contributed by atoms with Crippen LogP contribution in [0.15, 0.2) is 54.7 Å². The van der Waals surface area contributed by atoms with E-state index in [9.17, 15) is 20.1 Å². The van der Waals surface area contributed by atoms with Crippen LogP contribution in [-0.2, 0) is 4.79 Å². The fourth-order valence-corrected chi connectivity index (χ4v) is 2.33. The Kier molecular flexibility index (Phi) is 4.13. The van der Waals surface area contributed by atoms with Crippen molar-refractivity contribution in [3.63, 3.8) is 0 Å². The van der Waals surface area contributed by atoms with Crippen LogP contribution < -0.4 is 0 Å². The van der Waals surface area contributed by atoms with Crippen molar-refractivity contribution < 1.29 is 25.2 Å². The zero-order valence-corrected chi connectivity index (χ0v) is 12.9. The average molecular weight is 338 g/mol. The third kappa shape index (κ3) is 3.45. The first-order valence-corrected chi connectivity index (χ1v) is 7.26. The van der Waals surface area contributed by atoms with Crippen LogP contribution in [0.1, 0.15) is 5.56 Å². The lowest BCUT2D eigenvalue weighted by Crippen LogP contribution is -1.94. The summed E-state index contributed by atoms with van der Waals surface area (Å²) in [7, 11) is 0. The van der Waals surface area contributed by atoms with E-state index >= 15 is 0 Å². The lowest BCUT2D eigenvalue weighted by atomic mass is 10.1. The molecular formula is C18H14N2O5. The number of carboxylic acid groups (broad SMARTS) is 1. The normalized spacial score (nSPS) is 11.0. The van der Waals surface area contributed by atoms with Crippen LogP contribution in [-0.4, -0.2) is 36.2 Å². The van der Waals surface area contributed by atoms with Gasteiger partial charge in [-0.2, -0.15) is 5.10 Å². The summed E-state index contributed by atoms with van der Waals surface area (Å²) in [5, 5.41) is 42.4. The van der Waals surface area contributed by atoms with Crippen LogP contribution in [0.5, 0.6) is 17.2 Å². The summed E-state index contributed by atoms with van der Waals surface area (Å²) in [6.45, 7) is 0. The first-order chi connectivity index (χ1) is 11.9. The highest BCUT2D eigenvalue weighted by molar-refractivity contribution is 5.88. The van der Waals surface area contributed by atoms with E-state index in [-0.39, 0.29) is 22.8 Å². The molecule has 25 heavy (non-hydrogen) atoms. The molecule has 2 aromatic carbocycles. The number of aromatic hydroxyl groups is 3. The van der Waals surface area contributed by atoms with Gasteiger partial charge in [-0.25, -0.2) is 9.48 Å². The number of rotatable bonds is 4. The lowest BCUT2D eigenvalue weighted by Gasteiger charge is -2.04. The van der Waals surface area contributed by atoms with Crippen LogP contribution in [0.2, 0.25) is 0 Å². The fraction of sp³-hybridized carbons (Fsp3) is 0. The Morgan fingerprint density at radius 3 is 2.36 bits per heavy atom. The minimum absolute atomic E-state index is 0.0554. The number of hydrogen-bond donors (Lipinski definition) is 4. The Hall–Kier alpha value is -3.74. The number of hydrogen-bond acceptors (Lipinski definition) is 5. The molecule has 0 unspecified atom stereocenters. The minimum Gasteiger partial charge on any atom is -0.508 e. The summed E-state index contributed by atoms with van der Waals surface area (Å²) in [5.74, 6) is -1.17. The monoisotopic (exact) mass is 338 g/mol. The van der Waals surface area contributed by atoms with Crippen LogP contribution >= 0.6 is 0 Å². The van der Waals surface area contributed by atoms with Crippen molar-refractivity contribution in [2.24, 2.45) is 0 Å². The van der Waals surface area contributed by atoms with Crippen LogP contribution in [0.25, 0.3) is 23.0 Å². The number of phenols is 3. The maximum Gasteiger partial charge on any atom is 0.328 e. The molecule has 0 saturated carbocycles. The topological polar surface area (TPSA) is 116 Å². The van der Waals surface area contributed by atoms with Gasteiger partial charge in [-0.1, -0.05) is 0 Å². The molecule has 7 heteroatoms. The summed E-state index contributed by atoms with van der Waals surface area (Å²) >= 11 is 0. The molecule has 0 aliphatic heterocycles. The molecule has 0 aliphatic carbocycles. The molecule has 0 fully saturated rings. The van der Waals surface area contributed by atoms with E-state index in [1.165, 1.54) is 41.1 Å². The van der Waals surface area contributed by atoms with Crippen molar-refractivity contribution in [3.05, 3.63) is 60.3 Å². The Morgan fingerprint density at radius 1 is 1.00 bits per heavy atom. The van der Waals surface area contributed by atoms with Gasteiger partial charge in [0.05, 0.1) is 5.69 Å². The number of phenolic OH excluding ortho intramolecular Hbond substituents is 3. The third-order valence-corrected chi connectivity index (χ3v) is 3.50. The zero-order valence-electron chi connectivity index (χ0n) is 12.9. The maximum absolute atomic E-state index is 10.8. The number of benzene rings is 2. The molecular weight excluding hydrogens is 324 g/mol. The molecule has 7 nitrogen and oxygen atoms in total. The molecule has 0 bridgehead atoms. The van der Waals surface area contributed by atoms with Gasteiger partial charge < -0.3 is 20.4 Å². The lowest BCUT2D eigenvalue weighted by molar-refractivity contribution is -0.131. The Bertz CT molecular complexity index is 958. The highest BCUT2D eigenvalue weighted by atomic mass is 16.4. The molecule has 0 aliphatic rings. The quantitative estimate of drug-likeness (QED) is 0.429. The third-order valence-electron chi connectivity index (χ3n) is 3.50. The van der Waals surface area contributed by atoms with Crippen LogP contribution in [0.4, 0.5) is 0 Å². The van der Waals surface area contributed by atoms with Gasteiger partial charge in [0, 0.05) is 23.4 Å². The summed E-state index contributed by atoms with van der Waals surface area (Å²) in [6, 6.07) is 10.3. The Balaban J connectivity index is 2.16. The second kappa shape index (κ2) is 6.40. The molecule has 126 valence electrons. The van der Waals surface area contributed by atoms with Crippen molar-refractivity contribution in [1.29, 1.82) is 0 Å². The van der Waals surface area contributed by atoms with E-state index in [0.717, 1.165) is 6.08 Å².